The third kappa shape index (κ3) is 3.08. The number of nitrogens with zero attached hydrogens (tertiary/aromatic N) is 2. The van der Waals surface area contributed by atoms with Crippen LogP contribution in [0.5, 0.6) is 0 Å². The molecule has 100 valence electrons. The lowest BCUT2D eigenvalue weighted by Gasteiger charge is -2.16. The Kier molecular flexibility index (Phi) is 4.11. The minimum Gasteiger partial charge on any atom is -0.388 e. The van der Waals surface area contributed by atoms with Crippen molar-refractivity contribution in [3.8, 4) is 0 Å². The van der Waals surface area contributed by atoms with E-state index in [9.17, 15) is 0 Å². The maximum absolute atomic E-state index is 5.68. The van der Waals surface area contributed by atoms with E-state index in [2.05, 4.69) is 22.2 Å². The first-order valence-electron chi connectivity index (χ1n) is 5.94. The molecule has 0 aromatic carbocycles. The SMILES string of the molecule is Cc1nc(C)c(C(C)Nc2cccnc2C(N)=S)s1. The summed E-state index contributed by atoms with van der Waals surface area (Å²) in [5.74, 6) is 0. The van der Waals surface area contributed by atoms with Gasteiger partial charge in [0, 0.05) is 11.1 Å². The fourth-order valence-electron chi connectivity index (χ4n) is 1.97. The molecule has 0 aliphatic rings. The van der Waals surface area contributed by atoms with Gasteiger partial charge in [0.15, 0.2) is 0 Å². The van der Waals surface area contributed by atoms with Gasteiger partial charge < -0.3 is 11.1 Å². The molecular formula is C13H16N4S2. The average molecular weight is 292 g/mol. The smallest absolute Gasteiger partial charge is 0.124 e. The number of aromatic nitrogens is 2. The van der Waals surface area contributed by atoms with Gasteiger partial charge in [-0.2, -0.15) is 0 Å². The number of hydrogen-bond acceptors (Lipinski definition) is 5. The number of rotatable bonds is 4. The van der Waals surface area contributed by atoms with Gasteiger partial charge in [-0.1, -0.05) is 12.2 Å². The van der Waals surface area contributed by atoms with E-state index < -0.39 is 0 Å². The molecule has 2 aromatic rings. The number of pyridine rings is 1. The number of aryl methyl sites for hydroxylation is 2. The monoisotopic (exact) mass is 292 g/mol. The van der Waals surface area contributed by atoms with E-state index in [4.69, 9.17) is 18.0 Å². The maximum atomic E-state index is 5.68. The Morgan fingerprint density at radius 2 is 2.21 bits per heavy atom. The lowest BCUT2D eigenvalue weighted by atomic mass is 10.2. The molecule has 0 aliphatic carbocycles. The summed E-state index contributed by atoms with van der Waals surface area (Å²) in [7, 11) is 0. The molecule has 0 saturated carbocycles. The summed E-state index contributed by atoms with van der Waals surface area (Å²) in [6, 6.07) is 3.94. The van der Waals surface area contributed by atoms with Gasteiger partial charge in [-0.05, 0) is 32.9 Å². The van der Waals surface area contributed by atoms with E-state index in [1.54, 1.807) is 17.5 Å². The van der Waals surface area contributed by atoms with E-state index in [-0.39, 0.29) is 6.04 Å². The lowest BCUT2D eigenvalue weighted by Crippen LogP contribution is -2.16. The van der Waals surface area contributed by atoms with Crippen molar-refractivity contribution in [2.45, 2.75) is 26.8 Å². The molecule has 1 unspecified atom stereocenters. The van der Waals surface area contributed by atoms with Crippen LogP contribution in [0.2, 0.25) is 0 Å². The van der Waals surface area contributed by atoms with Crippen LogP contribution in [0.4, 0.5) is 5.69 Å². The normalized spacial score (nSPS) is 12.2. The number of nitrogens with one attached hydrogen (secondary N) is 1. The van der Waals surface area contributed by atoms with Crippen molar-refractivity contribution in [2.75, 3.05) is 5.32 Å². The Hall–Kier alpha value is -1.53. The minimum atomic E-state index is 0.142. The molecule has 0 bridgehead atoms. The van der Waals surface area contributed by atoms with Gasteiger partial charge in [0.05, 0.1) is 22.4 Å². The predicted octanol–water partition coefficient (Wildman–Crippen LogP) is 2.96. The number of thiocarbonyl (C=S) groups is 1. The van der Waals surface area contributed by atoms with Gasteiger partial charge in [0.1, 0.15) is 10.7 Å². The Morgan fingerprint density at radius 3 is 2.79 bits per heavy atom. The topological polar surface area (TPSA) is 63.8 Å². The number of hydrogen-bond donors (Lipinski definition) is 2. The van der Waals surface area contributed by atoms with Crippen molar-refractivity contribution in [1.82, 2.24) is 9.97 Å². The first-order valence-corrected chi connectivity index (χ1v) is 7.16. The van der Waals surface area contributed by atoms with Crippen LogP contribution in [0.15, 0.2) is 18.3 Å². The summed E-state index contributed by atoms with van der Waals surface area (Å²) < 4.78 is 0. The quantitative estimate of drug-likeness (QED) is 0.848. The van der Waals surface area contributed by atoms with Crippen LogP contribution in [-0.4, -0.2) is 15.0 Å². The van der Waals surface area contributed by atoms with E-state index in [1.165, 1.54) is 4.88 Å². The van der Waals surface area contributed by atoms with Gasteiger partial charge in [-0.15, -0.1) is 11.3 Å². The lowest BCUT2D eigenvalue weighted by molar-refractivity contribution is 0.887. The zero-order chi connectivity index (χ0) is 14.0. The third-order valence-corrected chi connectivity index (χ3v) is 4.19. The van der Waals surface area contributed by atoms with Crippen LogP contribution in [0.1, 0.15) is 34.2 Å². The molecule has 2 aromatic heterocycles. The molecule has 1 atom stereocenters. The zero-order valence-electron chi connectivity index (χ0n) is 11.1. The fraction of sp³-hybridized carbons (Fsp3) is 0.308. The van der Waals surface area contributed by atoms with Gasteiger partial charge in [0.25, 0.3) is 0 Å². The van der Waals surface area contributed by atoms with Crippen LogP contribution in [0.3, 0.4) is 0 Å². The fourth-order valence-corrected chi connectivity index (χ4v) is 3.06. The zero-order valence-corrected chi connectivity index (χ0v) is 12.7. The molecule has 0 saturated heterocycles. The standard InChI is InChI=1S/C13H16N4S2/c1-7-12(19-9(3)16-7)8(2)17-10-5-4-6-15-11(10)13(14)18/h4-6,8,17H,1-3H3,(H2,14,18). The van der Waals surface area contributed by atoms with Crippen LogP contribution in [0, 0.1) is 13.8 Å². The van der Waals surface area contributed by atoms with E-state index >= 15 is 0 Å². The molecule has 6 heteroatoms. The highest BCUT2D eigenvalue weighted by Gasteiger charge is 2.15. The molecule has 2 rings (SSSR count). The van der Waals surface area contributed by atoms with E-state index in [1.807, 2.05) is 26.0 Å². The maximum Gasteiger partial charge on any atom is 0.124 e. The second-order valence-electron chi connectivity index (χ2n) is 4.31. The summed E-state index contributed by atoms with van der Waals surface area (Å²) in [5, 5.41) is 4.47. The second kappa shape index (κ2) is 5.63. The van der Waals surface area contributed by atoms with E-state index in [0.717, 1.165) is 16.4 Å². The molecule has 0 aliphatic heterocycles. The Balaban J connectivity index is 2.26. The summed E-state index contributed by atoms with van der Waals surface area (Å²) in [5.41, 5.74) is 8.22. The van der Waals surface area contributed by atoms with Crippen molar-refractivity contribution < 1.29 is 0 Å². The summed E-state index contributed by atoms with van der Waals surface area (Å²) in [4.78, 5) is 10.2. The molecule has 19 heavy (non-hydrogen) atoms. The first-order chi connectivity index (χ1) is 8.99. The Labute approximate surface area is 122 Å². The molecule has 0 fully saturated rings. The van der Waals surface area contributed by atoms with Gasteiger partial charge in [-0.3, -0.25) is 4.98 Å². The molecule has 3 N–H and O–H groups in total. The summed E-state index contributed by atoms with van der Waals surface area (Å²) >= 11 is 6.71. The van der Waals surface area contributed by atoms with Crippen molar-refractivity contribution >= 4 is 34.2 Å². The second-order valence-corrected chi connectivity index (χ2v) is 5.99. The molecule has 4 nitrogen and oxygen atoms in total. The van der Waals surface area contributed by atoms with Crippen molar-refractivity contribution in [2.24, 2.45) is 5.73 Å². The molecule has 0 spiro atoms. The number of thiazole rings is 1. The summed E-state index contributed by atoms with van der Waals surface area (Å²) in [6.07, 6.45) is 1.69. The third-order valence-electron chi connectivity index (χ3n) is 2.75. The number of nitrogens with two attached hydrogens (primary N) is 1. The minimum absolute atomic E-state index is 0.142. The largest absolute Gasteiger partial charge is 0.388 e. The number of anilines is 1. The van der Waals surface area contributed by atoms with Crippen molar-refractivity contribution in [3.63, 3.8) is 0 Å². The van der Waals surface area contributed by atoms with Gasteiger partial charge in [-0.25, -0.2) is 4.98 Å². The van der Waals surface area contributed by atoms with Crippen molar-refractivity contribution in [3.05, 3.63) is 39.6 Å². The first kappa shape index (κ1) is 13.9. The van der Waals surface area contributed by atoms with Crippen molar-refractivity contribution in [1.29, 1.82) is 0 Å². The highest BCUT2D eigenvalue weighted by atomic mass is 32.1. The molecule has 2 heterocycles. The van der Waals surface area contributed by atoms with Gasteiger partial charge in [0.2, 0.25) is 0 Å². The molecule has 0 amide bonds. The van der Waals surface area contributed by atoms with Crippen LogP contribution in [-0.2, 0) is 0 Å². The molecule has 0 radical (unpaired) electrons. The summed E-state index contributed by atoms with van der Waals surface area (Å²) in [6.45, 7) is 6.13. The molecular weight excluding hydrogens is 276 g/mol. The highest BCUT2D eigenvalue weighted by molar-refractivity contribution is 7.80. The predicted molar refractivity (Wildman–Crippen MR) is 83.8 cm³/mol. The average Bonchev–Trinajstić information content (AvgIpc) is 2.69. The van der Waals surface area contributed by atoms with E-state index in [0.29, 0.717) is 10.7 Å². The highest BCUT2D eigenvalue weighted by Crippen LogP contribution is 2.28. The van der Waals surface area contributed by atoms with Crippen LogP contribution < -0.4 is 11.1 Å². The van der Waals surface area contributed by atoms with Crippen LogP contribution >= 0.6 is 23.6 Å². The van der Waals surface area contributed by atoms with Crippen LogP contribution in [0.25, 0.3) is 0 Å². The van der Waals surface area contributed by atoms with Gasteiger partial charge >= 0.3 is 0 Å². The Morgan fingerprint density at radius 1 is 1.47 bits per heavy atom. The Bertz CT molecular complexity index is 606.